The average Bonchev–Trinajstić information content (AvgIpc) is 3.13. The summed E-state index contributed by atoms with van der Waals surface area (Å²) in [6.07, 6.45) is 0.993. The second kappa shape index (κ2) is 9.62. The summed E-state index contributed by atoms with van der Waals surface area (Å²) in [6.45, 7) is 2.32. The van der Waals surface area contributed by atoms with E-state index in [1.807, 2.05) is 53.1 Å². The Morgan fingerprint density at radius 2 is 1.85 bits per heavy atom. The lowest BCUT2D eigenvalue weighted by Gasteiger charge is -2.29. The molecular weight excluding hydrogens is 446 g/mol. The molecule has 7 nitrogen and oxygen atoms in total. The third kappa shape index (κ3) is 4.50. The summed E-state index contributed by atoms with van der Waals surface area (Å²) in [6, 6.07) is 23.7. The van der Waals surface area contributed by atoms with E-state index in [2.05, 4.69) is 44.7 Å². The lowest BCUT2D eigenvalue weighted by molar-refractivity contribution is 0.194. The molecule has 1 aromatic heterocycles. The Morgan fingerprint density at radius 3 is 2.71 bits per heavy atom. The normalized spacial score (nSPS) is 13.8. The molecule has 0 aliphatic carbocycles. The summed E-state index contributed by atoms with van der Waals surface area (Å²) < 4.78 is 7.12. The Labute approximate surface area is 203 Å². The number of hydrogen-bond acceptors (Lipinski definition) is 5. The minimum atomic E-state index is 0.0768. The van der Waals surface area contributed by atoms with E-state index in [1.165, 1.54) is 11.1 Å². The number of thiocarbonyl (C=S) groups is 1. The van der Waals surface area contributed by atoms with Gasteiger partial charge in [0.15, 0.2) is 5.69 Å². The van der Waals surface area contributed by atoms with Crippen LogP contribution in [0.1, 0.15) is 11.1 Å². The number of aromatic nitrogens is 1. The molecule has 5 rings (SSSR count). The van der Waals surface area contributed by atoms with Gasteiger partial charge in [0.05, 0.1) is 19.3 Å². The average molecular weight is 472 g/mol. The van der Waals surface area contributed by atoms with Gasteiger partial charge in [0.2, 0.25) is 11.0 Å². The van der Waals surface area contributed by atoms with E-state index < -0.39 is 0 Å². The number of nitrogens with one attached hydrogen (secondary N) is 1. The topological polar surface area (TPSA) is 74.4 Å². The van der Waals surface area contributed by atoms with Crippen LogP contribution in [0.5, 0.6) is 11.6 Å². The third-order valence-electron chi connectivity index (χ3n) is 6.03. The molecule has 1 aliphatic heterocycles. The van der Waals surface area contributed by atoms with E-state index in [-0.39, 0.29) is 11.0 Å². The van der Waals surface area contributed by atoms with E-state index >= 15 is 0 Å². The van der Waals surface area contributed by atoms with Gasteiger partial charge in [-0.3, -0.25) is 9.47 Å². The first kappa shape index (κ1) is 22.1. The van der Waals surface area contributed by atoms with Crippen molar-refractivity contribution in [2.75, 3.05) is 19.0 Å². The molecule has 8 heteroatoms. The molecule has 0 radical (unpaired) electrons. The largest absolute Gasteiger partial charge is 0.497 e. The van der Waals surface area contributed by atoms with Crippen LogP contribution in [0.15, 0.2) is 83.0 Å². The van der Waals surface area contributed by atoms with E-state index in [4.69, 9.17) is 17.0 Å². The van der Waals surface area contributed by atoms with Crippen LogP contribution in [0, 0.1) is 0 Å². The fraction of sp³-hybridized carbons (Fsp3) is 0.192. The first-order valence-corrected chi connectivity index (χ1v) is 11.5. The van der Waals surface area contributed by atoms with Crippen LogP contribution in [0.25, 0.3) is 10.9 Å². The smallest absolute Gasteiger partial charge is 0.221 e. The SMILES string of the molecule is COc1cccc(NC(=S)N=Nc2c(O)n(CN3CCc4ccccc4C3)c3ccccc23)c1. The standard InChI is InChI=1S/C26H25N5O2S/c1-33-21-10-6-9-20(15-21)27-26(34)29-28-24-22-11-4-5-12-23(22)31(25(24)32)17-30-14-13-18-7-2-3-8-19(18)16-30/h2-12,15,32H,13-14,16-17H2,1H3,(H,27,34). The first-order chi connectivity index (χ1) is 16.6. The highest BCUT2D eigenvalue weighted by atomic mass is 32.1. The van der Waals surface area contributed by atoms with Gasteiger partial charge in [0.25, 0.3) is 0 Å². The number of para-hydroxylation sites is 1. The van der Waals surface area contributed by atoms with Gasteiger partial charge in [-0.2, -0.15) is 0 Å². The van der Waals surface area contributed by atoms with Crippen molar-refractivity contribution in [2.24, 2.45) is 10.2 Å². The van der Waals surface area contributed by atoms with Crippen molar-refractivity contribution in [1.29, 1.82) is 0 Å². The Balaban J connectivity index is 1.38. The highest BCUT2D eigenvalue weighted by Gasteiger charge is 2.21. The molecule has 0 fully saturated rings. The molecule has 1 aliphatic rings. The summed E-state index contributed by atoms with van der Waals surface area (Å²) in [5, 5.41) is 23.6. The van der Waals surface area contributed by atoms with Gasteiger partial charge in [-0.15, -0.1) is 10.2 Å². The van der Waals surface area contributed by atoms with Crippen LogP contribution in [-0.4, -0.2) is 33.3 Å². The highest BCUT2D eigenvalue weighted by molar-refractivity contribution is 7.80. The van der Waals surface area contributed by atoms with Crippen molar-refractivity contribution in [3.63, 3.8) is 0 Å². The molecule has 0 spiro atoms. The number of methoxy groups -OCH3 is 1. The van der Waals surface area contributed by atoms with E-state index in [0.717, 1.165) is 36.1 Å². The van der Waals surface area contributed by atoms with Crippen LogP contribution in [0.2, 0.25) is 0 Å². The fourth-order valence-corrected chi connectivity index (χ4v) is 4.49. The Kier molecular flexibility index (Phi) is 6.24. The number of fused-ring (bicyclic) bond motifs is 2. The molecule has 4 aromatic rings. The minimum absolute atomic E-state index is 0.0768. The molecule has 0 saturated heterocycles. The molecule has 0 saturated carbocycles. The van der Waals surface area contributed by atoms with E-state index in [0.29, 0.717) is 18.1 Å². The molecule has 0 atom stereocenters. The lowest BCUT2D eigenvalue weighted by atomic mass is 10.0. The highest BCUT2D eigenvalue weighted by Crippen LogP contribution is 2.39. The van der Waals surface area contributed by atoms with Gasteiger partial charge in [0.1, 0.15) is 5.75 Å². The van der Waals surface area contributed by atoms with Gasteiger partial charge in [-0.25, -0.2) is 0 Å². The predicted octanol–water partition coefficient (Wildman–Crippen LogP) is 5.85. The molecule has 0 unspecified atom stereocenters. The van der Waals surface area contributed by atoms with Gasteiger partial charge in [-0.1, -0.05) is 48.5 Å². The lowest BCUT2D eigenvalue weighted by Crippen LogP contribution is -2.32. The van der Waals surface area contributed by atoms with E-state index in [1.54, 1.807) is 7.11 Å². The number of azo groups is 1. The Hall–Kier alpha value is -3.75. The van der Waals surface area contributed by atoms with Crippen molar-refractivity contribution < 1.29 is 9.84 Å². The summed E-state index contributed by atoms with van der Waals surface area (Å²) >= 11 is 5.35. The summed E-state index contributed by atoms with van der Waals surface area (Å²) in [5.74, 6) is 0.791. The minimum Gasteiger partial charge on any atom is -0.497 e. The van der Waals surface area contributed by atoms with Crippen molar-refractivity contribution in [1.82, 2.24) is 9.47 Å². The van der Waals surface area contributed by atoms with Crippen LogP contribution in [-0.2, 0) is 19.6 Å². The van der Waals surface area contributed by atoms with Crippen molar-refractivity contribution in [3.05, 3.63) is 83.9 Å². The molecule has 3 aromatic carbocycles. The maximum absolute atomic E-state index is 11.1. The van der Waals surface area contributed by atoms with Crippen molar-refractivity contribution in [3.8, 4) is 11.6 Å². The monoisotopic (exact) mass is 471 g/mol. The molecule has 34 heavy (non-hydrogen) atoms. The maximum atomic E-state index is 11.1. The number of aromatic hydroxyl groups is 1. The number of hydrogen-bond donors (Lipinski definition) is 2. The molecule has 0 amide bonds. The molecule has 0 bridgehead atoms. The number of ether oxygens (including phenoxy) is 1. The first-order valence-electron chi connectivity index (χ1n) is 11.1. The van der Waals surface area contributed by atoms with Crippen molar-refractivity contribution >= 4 is 39.6 Å². The third-order valence-corrected chi connectivity index (χ3v) is 6.21. The molecule has 2 heterocycles. The van der Waals surface area contributed by atoms with Gasteiger partial charge >= 0.3 is 0 Å². The summed E-state index contributed by atoms with van der Waals surface area (Å²) in [7, 11) is 1.61. The fourth-order valence-electron chi connectivity index (χ4n) is 4.33. The Morgan fingerprint density at radius 1 is 1.06 bits per heavy atom. The number of benzene rings is 3. The number of rotatable bonds is 5. The second-order valence-electron chi connectivity index (χ2n) is 8.19. The van der Waals surface area contributed by atoms with Crippen LogP contribution in [0.3, 0.4) is 0 Å². The maximum Gasteiger partial charge on any atom is 0.221 e. The van der Waals surface area contributed by atoms with E-state index in [9.17, 15) is 5.11 Å². The molecular formula is C26H25N5O2S. The van der Waals surface area contributed by atoms with Crippen LogP contribution in [0.4, 0.5) is 11.4 Å². The zero-order valence-electron chi connectivity index (χ0n) is 18.8. The quantitative estimate of drug-likeness (QED) is 0.282. The molecule has 172 valence electrons. The summed E-state index contributed by atoms with van der Waals surface area (Å²) in [5.41, 5.74) is 4.79. The van der Waals surface area contributed by atoms with Crippen LogP contribution >= 0.6 is 12.2 Å². The number of nitrogens with zero attached hydrogens (tertiary/aromatic N) is 4. The number of anilines is 1. The van der Waals surface area contributed by atoms with Gasteiger partial charge in [0, 0.05) is 30.2 Å². The zero-order valence-corrected chi connectivity index (χ0v) is 19.6. The predicted molar refractivity (Wildman–Crippen MR) is 138 cm³/mol. The van der Waals surface area contributed by atoms with Gasteiger partial charge in [-0.05, 0) is 48.0 Å². The Bertz CT molecular complexity index is 1380. The molecule has 2 N–H and O–H groups in total. The zero-order chi connectivity index (χ0) is 23.5. The van der Waals surface area contributed by atoms with Crippen molar-refractivity contribution in [2.45, 2.75) is 19.6 Å². The van der Waals surface area contributed by atoms with Crippen LogP contribution < -0.4 is 10.1 Å². The summed E-state index contributed by atoms with van der Waals surface area (Å²) in [4.78, 5) is 2.32. The second-order valence-corrected chi connectivity index (χ2v) is 8.58. The van der Waals surface area contributed by atoms with Gasteiger partial charge < -0.3 is 15.2 Å².